The van der Waals surface area contributed by atoms with Gasteiger partial charge in [-0.25, -0.2) is 4.68 Å². The van der Waals surface area contributed by atoms with Crippen molar-refractivity contribution in [1.82, 2.24) is 14.8 Å². The molecule has 2 aromatic heterocycles. The van der Waals surface area contributed by atoms with E-state index in [1.165, 1.54) is 0 Å². The number of aromatic nitrogens is 3. The van der Waals surface area contributed by atoms with Crippen molar-refractivity contribution in [2.24, 2.45) is 0 Å². The van der Waals surface area contributed by atoms with Gasteiger partial charge in [0.25, 0.3) is 0 Å². The van der Waals surface area contributed by atoms with Crippen LogP contribution >= 0.6 is 15.9 Å². The summed E-state index contributed by atoms with van der Waals surface area (Å²) < 4.78 is 2.82. The van der Waals surface area contributed by atoms with Gasteiger partial charge in [0.15, 0.2) is 0 Å². The molecule has 0 aliphatic rings. The quantitative estimate of drug-likeness (QED) is 0.855. The van der Waals surface area contributed by atoms with Crippen LogP contribution in [0, 0.1) is 0 Å². The molecular formula is C11H12BrN3. The fourth-order valence-electron chi connectivity index (χ4n) is 1.44. The molecule has 0 radical (unpaired) electrons. The van der Waals surface area contributed by atoms with Gasteiger partial charge in [-0.2, -0.15) is 5.10 Å². The zero-order chi connectivity index (χ0) is 10.7. The fourth-order valence-corrected chi connectivity index (χ4v) is 1.73. The number of halogens is 1. The first kappa shape index (κ1) is 10.4. The van der Waals surface area contributed by atoms with E-state index in [1.807, 2.05) is 23.1 Å². The minimum Gasteiger partial charge on any atom is -0.261 e. The van der Waals surface area contributed by atoms with E-state index in [4.69, 9.17) is 0 Å². The highest BCUT2D eigenvalue weighted by Crippen LogP contribution is 2.13. The lowest BCUT2D eigenvalue weighted by molar-refractivity contribution is 0.848. The predicted molar refractivity (Wildman–Crippen MR) is 63.1 cm³/mol. The molecule has 15 heavy (non-hydrogen) atoms. The first-order chi connectivity index (χ1) is 7.29. The third-order valence-electron chi connectivity index (χ3n) is 2.12. The summed E-state index contributed by atoms with van der Waals surface area (Å²) in [4.78, 5) is 4.31. The van der Waals surface area contributed by atoms with Gasteiger partial charge in [0.05, 0.1) is 16.4 Å². The van der Waals surface area contributed by atoms with Crippen molar-refractivity contribution >= 4 is 15.9 Å². The number of hydrogen-bond acceptors (Lipinski definition) is 2. The van der Waals surface area contributed by atoms with Crippen molar-refractivity contribution in [1.29, 1.82) is 0 Å². The molecule has 0 N–H and O–H groups in total. The second-order valence-electron chi connectivity index (χ2n) is 3.36. The highest BCUT2D eigenvalue weighted by Gasteiger charge is 2.00. The monoisotopic (exact) mass is 265 g/mol. The van der Waals surface area contributed by atoms with Crippen LogP contribution in [0.2, 0.25) is 0 Å². The molecule has 4 heteroatoms. The first-order valence-corrected chi connectivity index (χ1v) is 5.74. The SMILES string of the molecule is CCCc1cc(-n2cc(Br)cn2)ccn1. The summed E-state index contributed by atoms with van der Waals surface area (Å²) in [5.74, 6) is 0. The van der Waals surface area contributed by atoms with Crippen LogP contribution in [0.1, 0.15) is 19.0 Å². The van der Waals surface area contributed by atoms with Crippen LogP contribution < -0.4 is 0 Å². The van der Waals surface area contributed by atoms with Gasteiger partial charge >= 0.3 is 0 Å². The van der Waals surface area contributed by atoms with Gasteiger partial charge < -0.3 is 0 Å². The van der Waals surface area contributed by atoms with Gasteiger partial charge in [-0.05, 0) is 34.5 Å². The van der Waals surface area contributed by atoms with Crippen molar-refractivity contribution in [3.8, 4) is 5.69 Å². The summed E-state index contributed by atoms with van der Waals surface area (Å²) in [6.45, 7) is 2.15. The van der Waals surface area contributed by atoms with Crippen molar-refractivity contribution in [3.05, 3.63) is 40.9 Å². The highest BCUT2D eigenvalue weighted by atomic mass is 79.9. The lowest BCUT2D eigenvalue weighted by atomic mass is 10.2. The van der Waals surface area contributed by atoms with Gasteiger partial charge in [-0.15, -0.1) is 0 Å². The second-order valence-corrected chi connectivity index (χ2v) is 4.27. The number of nitrogens with zero attached hydrogens (tertiary/aromatic N) is 3. The van der Waals surface area contributed by atoms with E-state index in [2.05, 4.69) is 39.0 Å². The number of pyridine rings is 1. The molecule has 2 aromatic rings. The van der Waals surface area contributed by atoms with E-state index in [9.17, 15) is 0 Å². The minimum absolute atomic E-state index is 0.983. The Morgan fingerprint density at radius 2 is 2.33 bits per heavy atom. The van der Waals surface area contributed by atoms with Crippen LogP contribution in [0.25, 0.3) is 5.69 Å². The molecule has 0 bridgehead atoms. The summed E-state index contributed by atoms with van der Waals surface area (Å²) in [5, 5.41) is 4.23. The third kappa shape index (κ3) is 2.45. The molecule has 2 heterocycles. The van der Waals surface area contributed by atoms with E-state index in [0.717, 1.165) is 28.7 Å². The van der Waals surface area contributed by atoms with Crippen LogP contribution in [0.5, 0.6) is 0 Å². The maximum Gasteiger partial charge on any atom is 0.0679 e. The Morgan fingerprint density at radius 1 is 1.47 bits per heavy atom. The van der Waals surface area contributed by atoms with Crippen molar-refractivity contribution in [2.75, 3.05) is 0 Å². The maximum absolute atomic E-state index is 4.31. The molecule has 0 aliphatic carbocycles. The summed E-state index contributed by atoms with van der Waals surface area (Å²) in [7, 11) is 0. The van der Waals surface area contributed by atoms with Gasteiger partial charge in [0.1, 0.15) is 0 Å². The first-order valence-electron chi connectivity index (χ1n) is 4.95. The van der Waals surface area contributed by atoms with E-state index >= 15 is 0 Å². The highest BCUT2D eigenvalue weighted by molar-refractivity contribution is 9.10. The molecule has 0 amide bonds. The average Bonchev–Trinajstić information content (AvgIpc) is 2.66. The Bertz CT molecular complexity index is 451. The van der Waals surface area contributed by atoms with Gasteiger partial charge in [-0.3, -0.25) is 4.98 Å². The van der Waals surface area contributed by atoms with Crippen LogP contribution in [0.15, 0.2) is 35.2 Å². The standard InChI is InChI=1S/C11H12BrN3/c1-2-3-10-6-11(4-5-13-10)15-8-9(12)7-14-15/h4-8H,2-3H2,1H3. The zero-order valence-corrected chi connectivity index (χ0v) is 10.1. The van der Waals surface area contributed by atoms with Gasteiger partial charge in [0, 0.05) is 18.1 Å². The molecule has 2 rings (SSSR count). The molecule has 3 nitrogen and oxygen atoms in total. The zero-order valence-electron chi connectivity index (χ0n) is 8.52. The lowest BCUT2D eigenvalue weighted by Crippen LogP contribution is -1.97. The molecular weight excluding hydrogens is 254 g/mol. The molecule has 0 saturated carbocycles. The molecule has 0 saturated heterocycles. The number of hydrogen-bond donors (Lipinski definition) is 0. The summed E-state index contributed by atoms with van der Waals surface area (Å²) in [5.41, 5.74) is 2.17. The Kier molecular flexibility index (Phi) is 3.16. The molecule has 0 aromatic carbocycles. The normalized spacial score (nSPS) is 10.5. The Balaban J connectivity index is 2.32. The Hall–Kier alpha value is -1.16. The van der Waals surface area contributed by atoms with Gasteiger partial charge in [0.2, 0.25) is 0 Å². The van der Waals surface area contributed by atoms with Crippen LogP contribution in [0.4, 0.5) is 0 Å². The van der Waals surface area contributed by atoms with Crippen molar-refractivity contribution < 1.29 is 0 Å². The molecule has 0 fully saturated rings. The van der Waals surface area contributed by atoms with Crippen molar-refractivity contribution in [3.63, 3.8) is 0 Å². The minimum atomic E-state index is 0.983. The van der Waals surface area contributed by atoms with E-state index in [-0.39, 0.29) is 0 Å². The topological polar surface area (TPSA) is 30.7 Å². The summed E-state index contributed by atoms with van der Waals surface area (Å²) in [6, 6.07) is 4.03. The summed E-state index contributed by atoms with van der Waals surface area (Å²) >= 11 is 3.38. The number of aryl methyl sites for hydroxylation is 1. The largest absolute Gasteiger partial charge is 0.261 e. The Labute approximate surface area is 97.3 Å². The molecule has 0 unspecified atom stereocenters. The van der Waals surface area contributed by atoms with Crippen LogP contribution in [0.3, 0.4) is 0 Å². The smallest absolute Gasteiger partial charge is 0.0679 e. The summed E-state index contributed by atoms with van der Waals surface area (Å²) in [6.07, 6.45) is 7.66. The third-order valence-corrected chi connectivity index (χ3v) is 2.53. The Morgan fingerprint density at radius 3 is 3.00 bits per heavy atom. The molecule has 0 atom stereocenters. The fraction of sp³-hybridized carbons (Fsp3) is 0.273. The van der Waals surface area contributed by atoms with E-state index in [1.54, 1.807) is 6.20 Å². The van der Waals surface area contributed by atoms with Gasteiger partial charge in [-0.1, -0.05) is 13.3 Å². The predicted octanol–water partition coefficient (Wildman–Crippen LogP) is 2.98. The maximum atomic E-state index is 4.31. The number of rotatable bonds is 3. The molecule has 78 valence electrons. The second kappa shape index (κ2) is 4.57. The van der Waals surface area contributed by atoms with E-state index < -0.39 is 0 Å². The van der Waals surface area contributed by atoms with Crippen LogP contribution in [-0.2, 0) is 6.42 Å². The molecule has 0 spiro atoms. The van der Waals surface area contributed by atoms with Crippen molar-refractivity contribution in [2.45, 2.75) is 19.8 Å². The average molecular weight is 266 g/mol. The van der Waals surface area contributed by atoms with Crippen LogP contribution in [-0.4, -0.2) is 14.8 Å². The lowest BCUT2D eigenvalue weighted by Gasteiger charge is -2.03. The molecule has 0 aliphatic heterocycles. The van der Waals surface area contributed by atoms with E-state index in [0.29, 0.717) is 0 Å².